The first-order valence-corrected chi connectivity index (χ1v) is 3.25. The zero-order valence-electron chi connectivity index (χ0n) is 5.92. The van der Waals surface area contributed by atoms with E-state index in [1.807, 2.05) is 6.92 Å². The Balaban J connectivity index is 2.49. The van der Waals surface area contributed by atoms with E-state index in [9.17, 15) is 4.39 Å². The summed E-state index contributed by atoms with van der Waals surface area (Å²) in [6, 6.07) is 0. The molecule has 0 fully saturated rings. The van der Waals surface area contributed by atoms with E-state index in [1.54, 1.807) is 4.68 Å². The number of halogens is 1. The van der Waals surface area contributed by atoms with E-state index in [4.69, 9.17) is 0 Å². The lowest BCUT2D eigenvalue weighted by Crippen LogP contribution is -2.02. The molecule has 0 aliphatic rings. The number of rotatable bonds is 3. The average Bonchev–Trinajstić information content (AvgIpc) is 2.31. The molecule has 0 radical (unpaired) electrons. The average molecular weight is 143 g/mol. The van der Waals surface area contributed by atoms with E-state index in [0.717, 1.165) is 5.82 Å². The highest BCUT2D eigenvalue weighted by Crippen LogP contribution is 1.93. The highest BCUT2D eigenvalue weighted by atomic mass is 19.1. The molecule has 0 spiro atoms. The first kappa shape index (κ1) is 7.18. The number of aryl methyl sites for hydroxylation is 2. The Labute approximate surface area is 58.9 Å². The molecule has 0 N–H and O–H groups in total. The van der Waals surface area contributed by atoms with Crippen molar-refractivity contribution in [2.75, 3.05) is 6.67 Å². The molecule has 0 aliphatic heterocycles. The molecule has 0 unspecified atom stereocenters. The van der Waals surface area contributed by atoms with Crippen LogP contribution in [-0.4, -0.2) is 21.4 Å². The molecule has 10 heavy (non-hydrogen) atoms. The largest absolute Gasteiger partial charge is 0.251 e. The van der Waals surface area contributed by atoms with E-state index in [2.05, 4.69) is 10.1 Å². The van der Waals surface area contributed by atoms with Gasteiger partial charge in [-0.2, -0.15) is 5.10 Å². The highest BCUT2D eigenvalue weighted by molar-refractivity contribution is 4.77. The molecule has 0 aliphatic carbocycles. The van der Waals surface area contributed by atoms with Gasteiger partial charge in [-0.3, -0.25) is 9.07 Å². The molecule has 0 saturated carbocycles. The Bertz CT molecular complexity index is 197. The molecule has 3 nitrogen and oxygen atoms in total. The van der Waals surface area contributed by atoms with Crippen molar-refractivity contribution in [2.45, 2.75) is 19.9 Å². The number of alkyl halides is 1. The number of nitrogens with zero attached hydrogens (tertiary/aromatic N) is 3. The second-order valence-corrected chi connectivity index (χ2v) is 2.07. The number of hydrogen-bond acceptors (Lipinski definition) is 2. The molecule has 1 aromatic rings. The van der Waals surface area contributed by atoms with Gasteiger partial charge in [0.2, 0.25) is 0 Å². The smallest absolute Gasteiger partial charge is 0.138 e. The summed E-state index contributed by atoms with van der Waals surface area (Å²) in [7, 11) is 0. The predicted octanol–water partition coefficient (Wildman–Crippen LogP) is 0.946. The summed E-state index contributed by atoms with van der Waals surface area (Å²) in [4.78, 5) is 3.90. The van der Waals surface area contributed by atoms with Crippen LogP contribution in [0.15, 0.2) is 6.33 Å². The van der Waals surface area contributed by atoms with Crippen molar-refractivity contribution in [2.24, 2.45) is 0 Å². The minimum absolute atomic E-state index is 0.292. The van der Waals surface area contributed by atoms with Crippen LogP contribution in [0.2, 0.25) is 0 Å². The van der Waals surface area contributed by atoms with Gasteiger partial charge in [-0.1, -0.05) is 0 Å². The van der Waals surface area contributed by atoms with E-state index >= 15 is 0 Å². The second kappa shape index (κ2) is 3.29. The third kappa shape index (κ3) is 1.52. The molecule has 0 bridgehead atoms. The number of hydrogen-bond donors (Lipinski definition) is 0. The normalized spacial score (nSPS) is 10.2. The van der Waals surface area contributed by atoms with Crippen LogP contribution in [0.1, 0.15) is 12.2 Å². The Morgan fingerprint density at radius 2 is 2.50 bits per heavy atom. The molecule has 0 aromatic carbocycles. The fourth-order valence-corrected chi connectivity index (χ4v) is 0.751. The van der Waals surface area contributed by atoms with Crippen LogP contribution < -0.4 is 0 Å². The fraction of sp³-hybridized carbons (Fsp3) is 0.667. The van der Waals surface area contributed by atoms with Crippen molar-refractivity contribution in [3.8, 4) is 0 Å². The first-order valence-electron chi connectivity index (χ1n) is 3.25. The summed E-state index contributed by atoms with van der Waals surface area (Å²) in [6.07, 6.45) is 2.00. The summed E-state index contributed by atoms with van der Waals surface area (Å²) >= 11 is 0. The molecular weight excluding hydrogens is 133 g/mol. The molecular formula is C6H10FN3. The topological polar surface area (TPSA) is 30.7 Å². The summed E-state index contributed by atoms with van der Waals surface area (Å²) in [5.74, 6) is 0.841. The lowest BCUT2D eigenvalue weighted by molar-refractivity contribution is 0.431. The van der Waals surface area contributed by atoms with Crippen molar-refractivity contribution >= 4 is 0 Å². The SMILES string of the molecule is Cc1ncnn1CCCF. The van der Waals surface area contributed by atoms with Gasteiger partial charge >= 0.3 is 0 Å². The summed E-state index contributed by atoms with van der Waals surface area (Å²) in [5.41, 5.74) is 0. The van der Waals surface area contributed by atoms with E-state index in [0.29, 0.717) is 13.0 Å². The van der Waals surface area contributed by atoms with Crippen LogP contribution in [0.4, 0.5) is 4.39 Å². The van der Waals surface area contributed by atoms with Gasteiger partial charge in [-0.05, 0) is 13.3 Å². The molecule has 4 heteroatoms. The zero-order chi connectivity index (χ0) is 7.40. The van der Waals surface area contributed by atoms with Crippen LogP contribution in [-0.2, 0) is 6.54 Å². The maximum atomic E-state index is 11.7. The van der Waals surface area contributed by atoms with E-state index in [-0.39, 0.29) is 6.67 Å². The summed E-state index contributed by atoms with van der Waals surface area (Å²) in [5, 5.41) is 3.89. The highest BCUT2D eigenvalue weighted by Gasteiger charge is 1.95. The summed E-state index contributed by atoms with van der Waals surface area (Å²) in [6.45, 7) is 2.19. The lowest BCUT2D eigenvalue weighted by Gasteiger charge is -1.97. The van der Waals surface area contributed by atoms with E-state index < -0.39 is 0 Å². The van der Waals surface area contributed by atoms with Crippen LogP contribution in [0.5, 0.6) is 0 Å². The van der Waals surface area contributed by atoms with Crippen LogP contribution in [0, 0.1) is 6.92 Å². The maximum Gasteiger partial charge on any atom is 0.138 e. The minimum Gasteiger partial charge on any atom is -0.251 e. The lowest BCUT2D eigenvalue weighted by atomic mass is 10.5. The van der Waals surface area contributed by atoms with Crippen molar-refractivity contribution in [1.82, 2.24) is 14.8 Å². The third-order valence-corrected chi connectivity index (χ3v) is 1.31. The second-order valence-electron chi connectivity index (χ2n) is 2.07. The monoisotopic (exact) mass is 143 g/mol. The van der Waals surface area contributed by atoms with Gasteiger partial charge in [-0.25, -0.2) is 4.98 Å². The quantitative estimate of drug-likeness (QED) is 0.630. The van der Waals surface area contributed by atoms with Crippen LogP contribution in [0.3, 0.4) is 0 Å². The Hall–Kier alpha value is -0.930. The van der Waals surface area contributed by atoms with Crippen molar-refractivity contribution in [3.63, 3.8) is 0 Å². The minimum atomic E-state index is -0.292. The molecule has 1 heterocycles. The van der Waals surface area contributed by atoms with Gasteiger partial charge in [0.1, 0.15) is 12.2 Å². The van der Waals surface area contributed by atoms with E-state index in [1.165, 1.54) is 6.33 Å². The Morgan fingerprint density at radius 1 is 1.70 bits per heavy atom. The van der Waals surface area contributed by atoms with Gasteiger partial charge in [0, 0.05) is 6.54 Å². The predicted molar refractivity (Wildman–Crippen MR) is 35.4 cm³/mol. The molecule has 1 rings (SSSR count). The molecule has 0 atom stereocenters. The summed E-state index contributed by atoms with van der Waals surface area (Å²) < 4.78 is 13.3. The van der Waals surface area contributed by atoms with Gasteiger partial charge in [0.05, 0.1) is 6.67 Å². The maximum absolute atomic E-state index is 11.7. The molecule has 1 aromatic heterocycles. The standard InChI is InChI=1S/C6H10FN3/c1-6-8-5-9-10(6)4-2-3-7/h5H,2-4H2,1H3. The van der Waals surface area contributed by atoms with Crippen molar-refractivity contribution < 1.29 is 4.39 Å². The Kier molecular flexibility index (Phi) is 2.36. The zero-order valence-corrected chi connectivity index (χ0v) is 5.92. The van der Waals surface area contributed by atoms with Crippen LogP contribution >= 0.6 is 0 Å². The molecule has 56 valence electrons. The molecule has 0 amide bonds. The van der Waals surface area contributed by atoms with Crippen molar-refractivity contribution in [3.05, 3.63) is 12.2 Å². The fourth-order valence-electron chi connectivity index (χ4n) is 0.751. The van der Waals surface area contributed by atoms with Crippen LogP contribution in [0.25, 0.3) is 0 Å². The van der Waals surface area contributed by atoms with Gasteiger partial charge in [0.25, 0.3) is 0 Å². The molecule has 0 saturated heterocycles. The number of aromatic nitrogens is 3. The van der Waals surface area contributed by atoms with Gasteiger partial charge < -0.3 is 0 Å². The third-order valence-electron chi connectivity index (χ3n) is 1.31. The van der Waals surface area contributed by atoms with Gasteiger partial charge in [0.15, 0.2) is 0 Å². The Morgan fingerprint density at radius 3 is 3.00 bits per heavy atom. The van der Waals surface area contributed by atoms with Gasteiger partial charge in [-0.15, -0.1) is 0 Å². The van der Waals surface area contributed by atoms with Crippen molar-refractivity contribution in [1.29, 1.82) is 0 Å². The first-order chi connectivity index (χ1) is 4.84.